The number of fused-ring (bicyclic) bond motifs is 10. The van der Waals surface area contributed by atoms with E-state index in [1.807, 2.05) is 0 Å². The van der Waals surface area contributed by atoms with E-state index in [4.69, 9.17) is 9.40 Å². The Labute approximate surface area is 267 Å². The first-order chi connectivity index (χ1) is 22.5. The van der Waals surface area contributed by atoms with Crippen molar-refractivity contribution in [2.75, 3.05) is 0 Å². The molecule has 0 bridgehead atoms. The molecule has 222 valence electrons. The standard InChI is InChI=1S/C43H34N2O/c1-25(2)29-15-9-16-30(26(3)4)39(29)45-40-32-14-8-6-12-28(32)20-24-38(40)44-43(45)37-18-10-17-34-36-23-22-33-31-13-7-5-11-27(31)19-21-35(33)41(36)46-42(34)37/h5-26H,1-4H3. The molecule has 0 amide bonds. The van der Waals surface area contributed by atoms with Crippen LogP contribution in [0, 0.1) is 0 Å². The molecule has 0 aliphatic carbocycles. The van der Waals surface area contributed by atoms with Gasteiger partial charge in [-0.15, -0.1) is 0 Å². The Hall–Kier alpha value is -5.41. The lowest BCUT2D eigenvalue weighted by molar-refractivity contribution is 0.673. The van der Waals surface area contributed by atoms with Crippen LogP contribution in [0.3, 0.4) is 0 Å². The lowest BCUT2D eigenvalue weighted by atomic mass is 9.92. The van der Waals surface area contributed by atoms with E-state index in [1.165, 1.54) is 43.7 Å². The molecule has 0 saturated heterocycles. The second-order valence-corrected chi connectivity index (χ2v) is 13.1. The molecule has 0 N–H and O–H groups in total. The number of nitrogens with zero attached hydrogens (tertiary/aromatic N) is 2. The normalized spacial score (nSPS) is 12.3. The molecular weight excluding hydrogens is 560 g/mol. The summed E-state index contributed by atoms with van der Waals surface area (Å²) in [5, 5.41) is 9.44. The fourth-order valence-corrected chi connectivity index (χ4v) is 7.53. The van der Waals surface area contributed by atoms with E-state index >= 15 is 0 Å². The molecule has 2 heterocycles. The van der Waals surface area contributed by atoms with Crippen LogP contribution in [-0.2, 0) is 0 Å². The van der Waals surface area contributed by atoms with Gasteiger partial charge in [-0.05, 0) is 68.8 Å². The number of imidazole rings is 1. The minimum Gasteiger partial charge on any atom is -0.455 e. The first-order valence-electron chi connectivity index (χ1n) is 16.3. The van der Waals surface area contributed by atoms with Crippen molar-refractivity contribution in [3.05, 3.63) is 132 Å². The predicted molar refractivity (Wildman–Crippen MR) is 194 cm³/mol. The van der Waals surface area contributed by atoms with Gasteiger partial charge in [0.1, 0.15) is 17.0 Å². The summed E-state index contributed by atoms with van der Waals surface area (Å²) in [6.07, 6.45) is 0. The molecule has 0 radical (unpaired) electrons. The number of hydrogen-bond donors (Lipinski definition) is 0. The maximum atomic E-state index is 6.98. The van der Waals surface area contributed by atoms with Crippen LogP contribution in [0.5, 0.6) is 0 Å². The largest absolute Gasteiger partial charge is 0.455 e. The van der Waals surface area contributed by atoms with Crippen LogP contribution in [0.4, 0.5) is 0 Å². The number of rotatable bonds is 4. The minimum atomic E-state index is 0.331. The molecule has 0 unspecified atom stereocenters. The van der Waals surface area contributed by atoms with Crippen molar-refractivity contribution in [2.45, 2.75) is 39.5 Å². The van der Waals surface area contributed by atoms with Crippen LogP contribution in [0.1, 0.15) is 50.7 Å². The monoisotopic (exact) mass is 594 g/mol. The van der Waals surface area contributed by atoms with Gasteiger partial charge in [0, 0.05) is 21.5 Å². The third-order valence-corrected chi connectivity index (χ3v) is 9.73. The van der Waals surface area contributed by atoms with Gasteiger partial charge < -0.3 is 4.42 Å². The highest BCUT2D eigenvalue weighted by atomic mass is 16.3. The topological polar surface area (TPSA) is 31.0 Å². The second kappa shape index (κ2) is 10.1. The van der Waals surface area contributed by atoms with Gasteiger partial charge in [-0.3, -0.25) is 4.57 Å². The van der Waals surface area contributed by atoms with Gasteiger partial charge in [-0.1, -0.05) is 125 Å². The number of benzene rings is 7. The predicted octanol–water partition coefficient (Wildman–Crippen LogP) is 12.3. The molecule has 2 aromatic heterocycles. The van der Waals surface area contributed by atoms with E-state index in [9.17, 15) is 0 Å². The Bertz CT molecular complexity index is 2630. The number of hydrogen-bond acceptors (Lipinski definition) is 2. The van der Waals surface area contributed by atoms with Crippen LogP contribution < -0.4 is 0 Å². The summed E-state index contributed by atoms with van der Waals surface area (Å²) in [5.41, 5.74) is 8.75. The number of aromatic nitrogens is 2. The van der Waals surface area contributed by atoms with Crippen molar-refractivity contribution in [3.8, 4) is 17.1 Å². The van der Waals surface area contributed by atoms with Crippen molar-refractivity contribution in [2.24, 2.45) is 0 Å². The van der Waals surface area contributed by atoms with Crippen molar-refractivity contribution in [1.29, 1.82) is 0 Å². The van der Waals surface area contributed by atoms with Gasteiger partial charge in [0.05, 0.1) is 22.3 Å². The fourth-order valence-electron chi connectivity index (χ4n) is 7.53. The Morgan fingerprint density at radius 3 is 1.83 bits per heavy atom. The Morgan fingerprint density at radius 2 is 1.07 bits per heavy atom. The molecule has 3 heteroatoms. The van der Waals surface area contributed by atoms with Crippen molar-refractivity contribution >= 4 is 65.3 Å². The van der Waals surface area contributed by atoms with Crippen molar-refractivity contribution in [1.82, 2.24) is 9.55 Å². The third-order valence-electron chi connectivity index (χ3n) is 9.73. The van der Waals surface area contributed by atoms with Crippen LogP contribution in [0.15, 0.2) is 126 Å². The molecule has 0 fully saturated rings. The number of para-hydroxylation sites is 2. The maximum absolute atomic E-state index is 6.98. The average molecular weight is 595 g/mol. The van der Waals surface area contributed by atoms with E-state index in [0.717, 1.165) is 49.7 Å². The van der Waals surface area contributed by atoms with E-state index in [-0.39, 0.29) is 0 Å². The first kappa shape index (κ1) is 26.9. The van der Waals surface area contributed by atoms with Gasteiger partial charge in [-0.2, -0.15) is 0 Å². The molecule has 0 aliphatic rings. The smallest absolute Gasteiger partial charge is 0.149 e. The summed E-state index contributed by atoms with van der Waals surface area (Å²) >= 11 is 0. The van der Waals surface area contributed by atoms with Gasteiger partial charge in [-0.25, -0.2) is 4.98 Å². The lowest BCUT2D eigenvalue weighted by Crippen LogP contribution is -2.08. The molecule has 0 saturated carbocycles. The Morgan fingerprint density at radius 1 is 0.500 bits per heavy atom. The molecule has 0 aliphatic heterocycles. The van der Waals surface area contributed by atoms with E-state index in [1.54, 1.807) is 0 Å². The Kier molecular flexibility index (Phi) is 5.89. The summed E-state index contributed by atoms with van der Waals surface area (Å²) in [4.78, 5) is 5.44. The molecule has 9 rings (SSSR count). The molecule has 0 atom stereocenters. The molecule has 46 heavy (non-hydrogen) atoms. The van der Waals surface area contributed by atoms with Gasteiger partial charge >= 0.3 is 0 Å². The maximum Gasteiger partial charge on any atom is 0.149 e. The van der Waals surface area contributed by atoms with Crippen LogP contribution in [-0.4, -0.2) is 9.55 Å². The zero-order valence-corrected chi connectivity index (χ0v) is 26.5. The van der Waals surface area contributed by atoms with Gasteiger partial charge in [0.25, 0.3) is 0 Å². The zero-order chi connectivity index (χ0) is 31.1. The summed E-state index contributed by atoms with van der Waals surface area (Å²) in [6, 6.07) is 43.7. The van der Waals surface area contributed by atoms with E-state index < -0.39 is 0 Å². The van der Waals surface area contributed by atoms with Gasteiger partial charge in [0.15, 0.2) is 0 Å². The van der Waals surface area contributed by atoms with Crippen molar-refractivity contribution in [3.63, 3.8) is 0 Å². The first-order valence-corrected chi connectivity index (χ1v) is 16.3. The highest BCUT2D eigenvalue weighted by Gasteiger charge is 2.25. The zero-order valence-electron chi connectivity index (χ0n) is 26.5. The average Bonchev–Trinajstić information content (AvgIpc) is 3.67. The summed E-state index contributed by atoms with van der Waals surface area (Å²) in [5.74, 6) is 1.56. The molecular formula is C43H34N2O. The van der Waals surface area contributed by atoms with Crippen LogP contribution >= 0.6 is 0 Å². The summed E-state index contributed by atoms with van der Waals surface area (Å²) < 4.78 is 9.42. The van der Waals surface area contributed by atoms with E-state index in [2.05, 4.69) is 154 Å². The van der Waals surface area contributed by atoms with Crippen LogP contribution in [0.25, 0.3) is 82.4 Å². The quantitative estimate of drug-likeness (QED) is 0.190. The summed E-state index contributed by atoms with van der Waals surface area (Å²) in [6.45, 7) is 9.15. The number of furan rings is 1. The fraction of sp³-hybridized carbons (Fsp3) is 0.140. The van der Waals surface area contributed by atoms with E-state index in [0.29, 0.717) is 11.8 Å². The van der Waals surface area contributed by atoms with Crippen LogP contribution in [0.2, 0.25) is 0 Å². The molecule has 0 spiro atoms. The highest BCUT2D eigenvalue weighted by Crippen LogP contribution is 2.44. The highest BCUT2D eigenvalue weighted by molar-refractivity contribution is 6.21. The third kappa shape index (κ3) is 3.81. The molecule has 3 nitrogen and oxygen atoms in total. The minimum absolute atomic E-state index is 0.331. The lowest BCUT2D eigenvalue weighted by Gasteiger charge is -2.23. The Balaban J connectivity index is 1.43. The second-order valence-electron chi connectivity index (χ2n) is 13.1. The summed E-state index contributed by atoms with van der Waals surface area (Å²) in [7, 11) is 0. The molecule has 9 aromatic rings. The molecule has 7 aromatic carbocycles. The van der Waals surface area contributed by atoms with Gasteiger partial charge in [0.2, 0.25) is 0 Å². The SMILES string of the molecule is CC(C)c1cccc(C(C)C)c1-n1c(-c2cccc3c2oc2c3ccc3c4ccccc4ccc32)nc2ccc3ccccc3c21. The van der Waals surface area contributed by atoms with Crippen molar-refractivity contribution < 1.29 is 4.42 Å².